The summed E-state index contributed by atoms with van der Waals surface area (Å²) in [6.45, 7) is 1.37. The van der Waals surface area contributed by atoms with Gasteiger partial charge < -0.3 is 15.4 Å². The Hall–Kier alpha value is -2.54. The van der Waals surface area contributed by atoms with E-state index in [1.54, 1.807) is 0 Å². The van der Waals surface area contributed by atoms with Crippen LogP contribution in [0, 0.1) is 6.92 Å². The molecule has 2 rings (SSSR count). The van der Waals surface area contributed by atoms with Crippen LogP contribution in [-0.2, 0) is 17.9 Å². The van der Waals surface area contributed by atoms with Crippen molar-refractivity contribution in [3.8, 4) is 5.75 Å². The minimum Gasteiger partial charge on any atom is -0.489 e. The van der Waals surface area contributed by atoms with Gasteiger partial charge in [0.1, 0.15) is 18.9 Å². The number of nitrogens with one attached hydrogen (secondary N) is 2. The molecule has 0 heterocycles. The van der Waals surface area contributed by atoms with Crippen LogP contribution in [0.4, 0.5) is 13.2 Å². The van der Waals surface area contributed by atoms with E-state index in [4.69, 9.17) is 4.74 Å². The van der Waals surface area contributed by atoms with Crippen molar-refractivity contribution in [2.24, 2.45) is 0 Å². The number of hydrogen-bond acceptors (Lipinski definition) is 3. The fourth-order valence-corrected chi connectivity index (χ4v) is 2.14. The van der Waals surface area contributed by atoms with Crippen LogP contribution in [0.3, 0.4) is 0 Å². The van der Waals surface area contributed by atoms with E-state index in [1.165, 1.54) is 5.56 Å². The smallest absolute Gasteiger partial charge is 0.405 e. The molecule has 0 fully saturated rings. The number of hydrogen-bond donors (Lipinski definition) is 2. The van der Waals surface area contributed by atoms with Gasteiger partial charge in [0.15, 0.2) is 0 Å². The summed E-state index contributed by atoms with van der Waals surface area (Å²) in [5, 5.41) is 4.61. The highest BCUT2D eigenvalue weighted by atomic mass is 19.4. The van der Waals surface area contributed by atoms with Crippen LogP contribution in [0.25, 0.3) is 0 Å². The SMILES string of the molecule is Cc1ccc(COc2ccc(CNCC(=O)NCC(F)(F)F)cc2)cc1. The van der Waals surface area contributed by atoms with Crippen molar-refractivity contribution in [2.75, 3.05) is 13.1 Å². The summed E-state index contributed by atoms with van der Waals surface area (Å²) < 4.78 is 41.7. The van der Waals surface area contributed by atoms with Crippen LogP contribution in [0.15, 0.2) is 48.5 Å². The highest BCUT2D eigenvalue weighted by Crippen LogP contribution is 2.15. The van der Waals surface area contributed by atoms with E-state index in [9.17, 15) is 18.0 Å². The number of alkyl halides is 3. The van der Waals surface area contributed by atoms with E-state index >= 15 is 0 Å². The van der Waals surface area contributed by atoms with Gasteiger partial charge in [-0.05, 0) is 30.2 Å². The predicted octanol–water partition coefficient (Wildman–Crippen LogP) is 3.34. The standard InChI is InChI=1S/C19H21F3N2O2/c1-14-2-4-16(5-3-14)12-26-17-8-6-15(7-9-17)10-23-11-18(25)24-13-19(20,21)22/h2-9,23H,10-13H2,1H3,(H,24,25). The first kappa shape index (κ1) is 19.8. The van der Waals surface area contributed by atoms with E-state index in [1.807, 2.05) is 60.8 Å². The number of amides is 1. The Morgan fingerprint density at radius 3 is 2.23 bits per heavy atom. The number of halogens is 3. The van der Waals surface area contributed by atoms with Crippen LogP contribution in [0.2, 0.25) is 0 Å². The third-order valence-electron chi connectivity index (χ3n) is 3.55. The van der Waals surface area contributed by atoms with Crippen molar-refractivity contribution < 1.29 is 22.7 Å². The van der Waals surface area contributed by atoms with Crippen molar-refractivity contribution in [2.45, 2.75) is 26.3 Å². The van der Waals surface area contributed by atoms with Gasteiger partial charge >= 0.3 is 6.18 Å². The molecule has 0 saturated heterocycles. The summed E-state index contributed by atoms with van der Waals surface area (Å²) in [7, 11) is 0. The van der Waals surface area contributed by atoms with Crippen molar-refractivity contribution in [3.05, 3.63) is 65.2 Å². The molecule has 0 aliphatic carbocycles. The number of ether oxygens (including phenoxy) is 1. The lowest BCUT2D eigenvalue weighted by atomic mass is 10.2. The van der Waals surface area contributed by atoms with E-state index in [2.05, 4.69) is 5.32 Å². The maximum absolute atomic E-state index is 12.0. The molecule has 26 heavy (non-hydrogen) atoms. The minimum atomic E-state index is -4.40. The van der Waals surface area contributed by atoms with Gasteiger partial charge in [-0.3, -0.25) is 4.79 Å². The Labute approximate surface area is 150 Å². The number of rotatable bonds is 8. The molecule has 0 aliphatic heterocycles. The second-order valence-corrected chi connectivity index (χ2v) is 5.91. The molecule has 140 valence electrons. The monoisotopic (exact) mass is 366 g/mol. The molecule has 0 spiro atoms. The predicted molar refractivity (Wildman–Crippen MR) is 92.7 cm³/mol. The fraction of sp³-hybridized carbons (Fsp3) is 0.316. The Bertz CT molecular complexity index is 698. The first-order chi connectivity index (χ1) is 12.3. The highest BCUT2D eigenvalue weighted by molar-refractivity contribution is 5.78. The Morgan fingerprint density at radius 2 is 1.62 bits per heavy atom. The van der Waals surface area contributed by atoms with Crippen LogP contribution in [0.5, 0.6) is 5.75 Å². The highest BCUT2D eigenvalue weighted by Gasteiger charge is 2.27. The van der Waals surface area contributed by atoms with Gasteiger partial charge in [-0.15, -0.1) is 0 Å². The average molecular weight is 366 g/mol. The quantitative estimate of drug-likeness (QED) is 0.753. The van der Waals surface area contributed by atoms with Crippen LogP contribution < -0.4 is 15.4 Å². The molecule has 2 aromatic rings. The molecular formula is C19H21F3N2O2. The van der Waals surface area contributed by atoms with E-state index < -0.39 is 18.6 Å². The van der Waals surface area contributed by atoms with Crippen molar-refractivity contribution in [1.29, 1.82) is 0 Å². The molecule has 0 atom stereocenters. The molecule has 0 aliphatic rings. The summed E-state index contributed by atoms with van der Waals surface area (Å²) in [5.41, 5.74) is 3.17. The van der Waals surface area contributed by atoms with Gasteiger partial charge in [-0.2, -0.15) is 13.2 Å². The maximum Gasteiger partial charge on any atom is 0.405 e. The lowest BCUT2D eigenvalue weighted by molar-refractivity contribution is -0.137. The molecule has 0 aromatic heterocycles. The van der Waals surface area contributed by atoms with Crippen LogP contribution in [0.1, 0.15) is 16.7 Å². The zero-order valence-electron chi connectivity index (χ0n) is 14.4. The minimum absolute atomic E-state index is 0.179. The largest absolute Gasteiger partial charge is 0.489 e. The van der Waals surface area contributed by atoms with Crippen LogP contribution >= 0.6 is 0 Å². The van der Waals surface area contributed by atoms with E-state index in [-0.39, 0.29) is 6.54 Å². The van der Waals surface area contributed by atoms with Gasteiger partial charge in [-0.1, -0.05) is 42.0 Å². The number of aryl methyl sites for hydroxylation is 1. The number of carbonyl (C=O) groups excluding carboxylic acids is 1. The summed E-state index contributed by atoms with van der Waals surface area (Å²) in [6.07, 6.45) is -4.40. The Kier molecular flexibility index (Phi) is 7.03. The summed E-state index contributed by atoms with van der Waals surface area (Å²) in [4.78, 5) is 11.3. The molecule has 0 radical (unpaired) electrons. The van der Waals surface area contributed by atoms with Gasteiger partial charge in [-0.25, -0.2) is 0 Å². The molecule has 0 bridgehead atoms. The molecule has 7 heteroatoms. The molecule has 4 nitrogen and oxygen atoms in total. The third kappa shape index (κ3) is 7.57. The zero-order valence-corrected chi connectivity index (χ0v) is 14.4. The maximum atomic E-state index is 12.0. The van der Waals surface area contributed by atoms with Crippen molar-refractivity contribution >= 4 is 5.91 Å². The summed E-state index contributed by atoms with van der Waals surface area (Å²) >= 11 is 0. The molecular weight excluding hydrogens is 345 g/mol. The van der Waals surface area contributed by atoms with Gasteiger partial charge in [0, 0.05) is 6.54 Å². The molecule has 1 amide bonds. The van der Waals surface area contributed by atoms with Crippen molar-refractivity contribution in [3.63, 3.8) is 0 Å². The summed E-state index contributed by atoms with van der Waals surface area (Å²) in [5.74, 6) is 0.0256. The van der Waals surface area contributed by atoms with Gasteiger partial charge in [0.05, 0.1) is 6.54 Å². The van der Waals surface area contributed by atoms with E-state index in [0.717, 1.165) is 16.9 Å². The molecule has 2 aromatic carbocycles. The fourth-order valence-electron chi connectivity index (χ4n) is 2.14. The lowest BCUT2D eigenvalue weighted by Crippen LogP contribution is -2.39. The molecule has 2 N–H and O–H groups in total. The van der Waals surface area contributed by atoms with E-state index in [0.29, 0.717) is 13.2 Å². The molecule has 0 unspecified atom stereocenters. The normalized spacial score (nSPS) is 11.2. The topological polar surface area (TPSA) is 50.4 Å². The number of carbonyl (C=O) groups is 1. The first-order valence-corrected chi connectivity index (χ1v) is 8.13. The zero-order chi connectivity index (χ0) is 19.0. The second-order valence-electron chi connectivity index (χ2n) is 5.91. The lowest BCUT2D eigenvalue weighted by Gasteiger charge is -2.10. The van der Waals surface area contributed by atoms with Crippen LogP contribution in [-0.4, -0.2) is 25.2 Å². The Balaban J connectivity index is 1.70. The summed E-state index contributed by atoms with van der Waals surface area (Å²) in [6, 6.07) is 15.4. The van der Waals surface area contributed by atoms with Crippen molar-refractivity contribution in [1.82, 2.24) is 10.6 Å². The first-order valence-electron chi connectivity index (χ1n) is 8.13. The van der Waals surface area contributed by atoms with Gasteiger partial charge in [0.25, 0.3) is 0 Å². The van der Waals surface area contributed by atoms with Gasteiger partial charge in [0.2, 0.25) is 5.91 Å². The second kappa shape index (κ2) is 9.24. The average Bonchev–Trinajstić information content (AvgIpc) is 2.60. The molecule has 0 saturated carbocycles. The Morgan fingerprint density at radius 1 is 1.00 bits per heavy atom. The third-order valence-corrected chi connectivity index (χ3v) is 3.55. The number of benzene rings is 2.